The number of rotatable bonds is 6. The summed E-state index contributed by atoms with van der Waals surface area (Å²) < 4.78 is 0. The number of nitrogens with zero attached hydrogens (tertiary/aromatic N) is 1. The molecule has 2 fully saturated rings. The van der Waals surface area contributed by atoms with Gasteiger partial charge in [0.05, 0.1) is 10.6 Å². The molecule has 2 aliphatic rings. The Morgan fingerprint density at radius 3 is 2.58 bits per heavy atom. The van der Waals surface area contributed by atoms with Crippen LogP contribution in [0.4, 0.5) is 0 Å². The molecule has 1 aromatic rings. The Kier molecular flexibility index (Phi) is 8.07. The van der Waals surface area contributed by atoms with E-state index in [0.29, 0.717) is 28.8 Å². The summed E-state index contributed by atoms with van der Waals surface area (Å²) in [5, 5.41) is 6.69. The van der Waals surface area contributed by atoms with Gasteiger partial charge in [-0.1, -0.05) is 23.7 Å². The lowest BCUT2D eigenvalue weighted by Crippen LogP contribution is -2.48. The van der Waals surface area contributed by atoms with Gasteiger partial charge >= 0.3 is 0 Å². The van der Waals surface area contributed by atoms with E-state index in [0.717, 1.165) is 31.9 Å². The highest BCUT2D eigenvalue weighted by Crippen LogP contribution is 2.27. The number of likely N-dealkylation sites (tertiary alicyclic amines) is 1. The molecule has 0 radical (unpaired) electrons. The minimum Gasteiger partial charge on any atom is -0.340 e. The van der Waals surface area contributed by atoms with Crippen molar-refractivity contribution in [1.82, 2.24) is 15.5 Å². The number of fused-ring (bicyclic) bond motifs is 1. The fourth-order valence-corrected chi connectivity index (χ4v) is 4.32. The highest BCUT2D eigenvalue weighted by Gasteiger charge is 2.40. The first-order valence-electron chi connectivity index (χ1n) is 8.64. The number of benzene rings is 1. The third-order valence-corrected chi connectivity index (χ3v) is 6.01. The molecule has 0 bridgehead atoms. The van der Waals surface area contributed by atoms with Crippen molar-refractivity contribution in [3.8, 4) is 0 Å². The van der Waals surface area contributed by atoms with Crippen LogP contribution in [0.5, 0.6) is 0 Å². The molecule has 2 amide bonds. The van der Waals surface area contributed by atoms with Crippen molar-refractivity contribution in [1.29, 1.82) is 0 Å². The molecular formula is C18H25Cl2N3O2S. The number of nitrogens with one attached hydrogen (secondary N) is 2. The van der Waals surface area contributed by atoms with E-state index in [9.17, 15) is 9.59 Å². The van der Waals surface area contributed by atoms with Gasteiger partial charge in [0.2, 0.25) is 5.91 Å². The maximum absolute atomic E-state index is 13.0. The molecule has 2 heterocycles. The summed E-state index contributed by atoms with van der Waals surface area (Å²) in [5.74, 6) is 1.66. The molecule has 3 atom stereocenters. The predicted molar refractivity (Wildman–Crippen MR) is 109 cm³/mol. The summed E-state index contributed by atoms with van der Waals surface area (Å²) in [6.07, 6.45) is 2.63. The van der Waals surface area contributed by atoms with Gasteiger partial charge in [-0.05, 0) is 42.4 Å². The van der Waals surface area contributed by atoms with Crippen LogP contribution in [0.1, 0.15) is 16.8 Å². The Labute approximate surface area is 170 Å². The smallest absolute Gasteiger partial charge is 0.253 e. The van der Waals surface area contributed by atoms with Crippen molar-refractivity contribution < 1.29 is 9.59 Å². The van der Waals surface area contributed by atoms with Crippen LogP contribution < -0.4 is 10.6 Å². The summed E-state index contributed by atoms with van der Waals surface area (Å²) in [5.41, 5.74) is 0.411. The van der Waals surface area contributed by atoms with E-state index in [1.165, 1.54) is 0 Å². The fourth-order valence-electron chi connectivity index (χ4n) is 3.63. The molecule has 8 heteroatoms. The molecule has 1 unspecified atom stereocenters. The average molecular weight is 418 g/mol. The SMILES string of the molecule is CSCCC(NC(=O)c1ccccc1Cl)C(=O)N1C[C@H]2CNC[C@H]2C1.Cl. The van der Waals surface area contributed by atoms with Crippen LogP contribution in [-0.2, 0) is 4.79 Å². The molecule has 5 nitrogen and oxygen atoms in total. The van der Waals surface area contributed by atoms with Crippen LogP contribution >= 0.6 is 35.8 Å². The van der Waals surface area contributed by atoms with Crippen LogP contribution in [0.25, 0.3) is 0 Å². The van der Waals surface area contributed by atoms with Crippen LogP contribution in [-0.4, -0.2) is 60.9 Å². The van der Waals surface area contributed by atoms with Crippen LogP contribution in [0.3, 0.4) is 0 Å². The molecule has 0 aliphatic carbocycles. The lowest BCUT2D eigenvalue weighted by Gasteiger charge is -2.25. The second-order valence-electron chi connectivity index (χ2n) is 6.71. The number of halogens is 2. The number of thioether (sulfide) groups is 1. The number of carbonyl (C=O) groups excluding carboxylic acids is 2. The Balaban J connectivity index is 0.00000243. The summed E-state index contributed by atoms with van der Waals surface area (Å²) in [4.78, 5) is 27.5. The van der Waals surface area contributed by atoms with Gasteiger partial charge in [0.1, 0.15) is 6.04 Å². The van der Waals surface area contributed by atoms with Crippen molar-refractivity contribution in [2.24, 2.45) is 11.8 Å². The van der Waals surface area contributed by atoms with Gasteiger partial charge in [-0.2, -0.15) is 11.8 Å². The molecule has 0 saturated carbocycles. The largest absolute Gasteiger partial charge is 0.340 e. The third kappa shape index (κ3) is 4.85. The first-order valence-corrected chi connectivity index (χ1v) is 10.4. The molecule has 2 aliphatic heterocycles. The number of hydrogen-bond acceptors (Lipinski definition) is 4. The van der Waals surface area contributed by atoms with Gasteiger partial charge in [0, 0.05) is 26.2 Å². The van der Waals surface area contributed by atoms with Crippen molar-refractivity contribution in [3.05, 3.63) is 34.9 Å². The second kappa shape index (κ2) is 9.83. The average Bonchev–Trinajstić information content (AvgIpc) is 3.20. The molecule has 0 aromatic heterocycles. The van der Waals surface area contributed by atoms with Crippen LogP contribution in [0, 0.1) is 11.8 Å². The zero-order chi connectivity index (χ0) is 17.8. The van der Waals surface area contributed by atoms with E-state index in [2.05, 4.69) is 10.6 Å². The summed E-state index contributed by atoms with van der Waals surface area (Å²) >= 11 is 7.79. The molecule has 2 saturated heterocycles. The molecule has 26 heavy (non-hydrogen) atoms. The second-order valence-corrected chi connectivity index (χ2v) is 8.10. The Morgan fingerprint density at radius 2 is 1.96 bits per heavy atom. The van der Waals surface area contributed by atoms with Crippen molar-refractivity contribution in [2.75, 3.05) is 38.2 Å². The predicted octanol–water partition coefficient (Wildman–Crippen LogP) is 2.29. The highest BCUT2D eigenvalue weighted by molar-refractivity contribution is 7.98. The minimum absolute atomic E-state index is 0. The van der Waals surface area contributed by atoms with Gasteiger partial charge in [0.25, 0.3) is 5.91 Å². The molecule has 0 spiro atoms. The Bertz CT molecular complexity index is 635. The van der Waals surface area contributed by atoms with E-state index >= 15 is 0 Å². The van der Waals surface area contributed by atoms with Gasteiger partial charge in [-0.25, -0.2) is 0 Å². The number of carbonyl (C=O) groups is 2. The van der Waals surface area contributed by atoms with Crippen molar-refractivity contribution in [2.45, 2.75) is 12.5 Å². The van der Waals surface area contributed by atoms with Crippen molar-refractivity contribution in [3.63, 3.8) is 0 Å². The van der Waals surface area contributed by atoms with Gasteiger partial charge in [-0.15, -0.1) is 12.4 Å². The summed E-state index contributed by atoms with van der Waals surface area (Å²) in [7, 11) is 0. The monoisotopic (exact) mass is 417 g/mol. The molecule has 3 rings (SSSR count). The topological polar surface area (TPSA) is 61.4 Å². The molecule has 144 valence electrons. The lowest BCUT2D eigenvalue weighted by atomic mass is 10.0. The fraction of sp³-hybridized carbons (Fsp3) is 0.556. The quantitative estimate of drug-likeness (QED) is 0.745. The van der Waals surface area contributed by atoms with E-state index in [-0.39, 0.29) is 24.2 Å². The van der Waals surface area contributed by atoms with Crippen LogP contribution in [0.15, 0.2) is 24.3 Å². The maximum Gasteiger partial charge on any atom is 0.253 e. The van der Waals surface area contributed by atoms with E-state index in [1.807, 2.05) is 11.2 Å². The Hall–Kier alpha value is -0.950. The van der Waals surface area contributed by atoms with E-state index in [1.54, 1.807) is 36.0 Å². The molecule has 2 N–H and O–H groups in total. The zero-order valence-corrected chi connectivity index (χ0v) is 17.1. The molecular weight excluding hydrogens is 393 g/mol. The zero-order valence-electron chi connectivity index (χ0n) is 14.7. The summed E-state index contributed by atoms with van der Waals surface area (Å²) in [6, 6.07) is 6.42. The highest BCUT2D eigenvalue weighted by atomic mass is 35.5. The van der Waals surface area contributed by atoms with Gasteiger partial charge in [-0.3, -0.25) is 9.59 Å². The van der Waals surface area contributed by atoms with E-state index in [4.69, 9.17) is 11.6 Å². The van der Waals surface area contributed by atoms with Gasteiger partial charge in [0.15, 0.2) is 0 Å². The lowest BCUT2D eigenvalue weighted by molar-refractivity contribution is -0.132. The van der Waals surface area contributed by atoms with Gasteiger partial charge < -0.3 is 15.5 Å². The number of hydrogen-bond donors (Lipinski definition) is 2. The normalized spacial score (nSPS) is 22.5. The summed E-state index contributed by atoms with van der Waals surface area (Å²) in [6.45, 7) is 3.54. The first-order chi connectivity index (χ1) is 12.1. The number of amides is 2. The Morgan fingerprint density at radius 1 is 1.31 bits per heavy atom. The standard InChI is InChI=1S/C18H24ClN3O2S.ClH/c1-25-7-6-16(21-17(23)14-4-2-3-5-15(14)19)18(24)22-10-12-8-20-9-13(12)11-22;/h2-5,12-13,16,20H,6-11H2,1H3,(H,21,23);1H/t12-,13+,16?;. The third-order valence-electron chi connectivity index (χ3n) is 5.03. The van der Waals surface area contributed by atoms with E-state index < -0.39 is 6.04 Å². The molecule has 1 aromatic carbocycles. The minimum atomic E-state index is -0.497. The van der Waals surface area contributed by atoms with Crippen molar-refractivity contribution >= 4 is 47.6 Å². The first kappa shape index (κ1) is 21.4. The van der Waals surface area contributed by atoms with Crippen LogP contribution in [0.2, 0.25) is 5.02 Å². The maximum atomic E-state index is 13.0.